The molecule has 0 aliphatic heterocycles. The number of aryl methyl sites for hydroxylation is 1. The highest BCUT2D eigenvalue weighted by molar-refractivity contribution is 9.10. The van der Waals surface area contributed by atoms with E-state index in [1.54, 1.807) is 16.8 Å². The van der Waals surface area contributed by atoms with Crippen molar-refractivity contribution in [1.29, 1.82) is 0 Å². The number of rotatable bonds is 7. The third-order valence-corrected chi connectivity index (χ3v) is 4.90. The van der Waals surface area contributed by atoms with Gasteiger partial charge in [-0.3, -0.25) is 0 Å². The maximum atomic E-state index is 6.06. The van der Waals surface area contributed by atoms with E-state index in [1.165, 1.54) is 0 Å². The summed E-state index contributed by atoms with van der Waals surface area (Å²) in [4.78, 5) is 0. The minimum atomic E-state index is 0.387. The Bertz CT molecular complexity index is 903. The van der Waals surface area contributed by atoms with Crippen molar-refractivity contribution in [3.63, 3.8) is 0 Å². The van der Waals surface area contributed by atoms with Crippen molar-refractivity contribution in [2.75, 3.05) is 5.32 Å². The van der Waals surface area contributed by atoms with Crippen molar-refractivity contribution < 1.29 is 4.74 Å². The molecule has 136 valence electrons. The summed E-state index contributed by atoms with van der Waals surface area (Å²) >= 11 is 15.5. The molecule has 3 aromatic rings. The first-order chi connectivity index (χ1) is 12.6. The van der Waals surface area contributed by atoms with Crippen LogP contribution in [0.15, 0.2) is 40.9 Å². The number of nitrogens with one attached hydrogen (secondary N) is 1. The van der Waals surface area contributed by atoms with Crippen LogP contribution in [0.2, 0.25) is 10.0 Å². The Kier molecular flexibility index (Phi) is 6.34. The van der Waals surface area contributed by atoms with E-state index in [9.17, 15) is 0 Å². The van der Waals surface area contributed by atoms with Crippen LogP contribution in [0.4, 0.5) is 5.95 Å². The molecule has 2 aromatic carbocycles. The van der Waals surface area contributed by atoms with Crippen LogP contribution >= 0.6 is 39.1 Å². The number of hydrogen-bond acceptors (Lipinski definition) is 5. The van der Waals surface area contributed by atoms with E-state index < -0.39 is 0 Å². The second-order valence-electron chi connectivity index (χ2n) is 5.46. The molecule has 0 fully saturated rings. The van der Waals surface area contributed by atoms with E-state index in [1.807, 2.05) is 31.2 Å². The number of anilines is 1. The van der Waals surface area contributed by atoms with Gasteiger partial charge in [-0.1, -0.05) is 50.3 Å². The Morgan fingerprint density at radius 3 is 2.77 bits per heavy atom. The van der Waals surface area contributed by atoms with Crippen molar-refractivity contribution in [1.82, 2.24) is 20.2 Å². The Labute approximate surface area is 169 Å². The predicted octanol–water partition coefficient (Wildman–Crippen LogP) is 4.95. The summed E-state index contributed by atoms with van der Waals surface area (Å²) < 4.78 is 8.63. The summed E-state index contributed by atoms with van der Waals surface area (Å²) in [6.45, 7) is 3.58. The lowest BCUT2D eigenvalue weighted by Gasteiger charge is -2.13. The molecule has 0 unspecified atom stereocenters. The van der Waals surface area contributed by atoms with Crippen LogP contribution in [-0.2, 0) is 19.7 Å². The summed E-state index contributed by atoms with van der Waals surface area (Å²) in [6.07, 6.45) is 0. The number of benzene rings is 2. The average Bonchev–Trinajstić information content (AvgIpc) is 3.09. The van der Waals surface area contributed by atoms with Crippen molar-refractivity contribution in [2.24, 2.45) is 0 Å². The van der Waals surface area contributed by atoms with Gasteiger partial charge in [-0.2, -0.15) is 0 Å². The van der Waals surface area contributed by atoms with Crippen molar-refractivity contribution in [3.05, 3.63) is 62.0 Å². The van der Waals surface area contributed by atoms with Gasteiger partial charge in [0.05, 0.1) is 10.0 Å². The van der Waals surface area contributed by atoms with E-state index in [4.69, 9.17) is 27.9 Å². The molecule has 0 bridgehead atoms. The Morgan fingerprint density at radius 1 is 1.15 bits per heavy atom. The molecule has 0 saturated carbocycles. The number of ether oxygens (including phenoxy) is 1. The number of tetrazole rings is 1. The molecule has 1 N–H and O–H groups in total. The predicted molar refractivity (Wildman–Crippen MR) is 106 cm³/mol. The molecular formula is C17H16BrCl2N5O. The minimum absolute atomic E-state index is 0.387. The van der Waals surface area contributed by atoms with Crippen LogP contribution in [0.25, 0.3) is 0 Å². The second-order valence-corrected chi connectivity index (χ2v) is 7.19. The van der Waals surface area contributed by atoms with Crippen LogP contribution in [0, 0.1) is 0 Å². The van der Waals surface area contributed by atoms with Gasteiger partial charge in [0, 0.05) is 23.1 Å². The first-order valence-electron chi connectivity index (χ1n) is 7.92. The van der Waals surface area contributed by atoms with Gasteiger partial charge in [0.1, 0.15) is 12.4 Å². The summed E-state index contributed by atoms with van der Waals surface area (Å²) in [5, 5.41) is 15.8. The topological polar surface area (TPSA) is 64.9 Å². The average molecular weight is 457 g/mol. The van der Waals surface area contributed by atoms with Gasteiger partial charge in [-0.15, -0.1) is 0 Å². The van der Waals surface area contributed by atoms with Crippen molar-refractivity contribution in [3.8, 4) is 5.75 Å². The summed E-state index contributed by atoms with van der Waals surface area (Å²) in [5.41, 5.74) is 1.92. The lowest BCUT2D eigenvalue weighted by Crippen LogP contribution is -2.09. The smallest absolute Gasteiger partial charge is 0.243 e. The minimum Gasteiger partial charge on any atom is -0.489 e. The van der Waals surface area contributed by atoms with E-state index >= 15 is 0 Å². The fraction of sp³-hybridized carbons (Fsp3) is 0.235. The third-order valence-electron chi connectivity index (χ3n) is 3.67. The summed E-state index contributed by atoms with van der Waals surface area (Å²) in [7, 11) is 0. The zero-order chi connectivity index (χ0) is 18.5. The van der Waals surface area contributed by atoms with Gasteiger partial charge in [-0.25, -0.2) is 4.68 Å². The highest BCUT2D eigenvalue weighted by Gasteiger charge is 2.09. The molecule has 3 rings (SSSR count). The van der Waals surface area contributed by atoms with Gasteiger partial charge >= 0.3 is 0 Å². The lowest BCUT2D eigenvalue weighted by atomic mass is 10.2. The van der Waals surface area contributed by atoms with Crippen LogP contribution in [-0.4, -0.2) is 20.2 Å². The second kappa shape index (κ2) is 8.70. The molecule has 26 heavy (non-hydrogen) atoms. The molecule has 0 radical (unpaired) electrons. The molecule has 0 atom stereocenters. The summed E-state index contributed by atoms with van der Waals surface area (Å²) in [6, 6.07) is 11.3. The summed E-state index contributed by atoms with van der Waals surface area (Å²) in [5.74, 6) is 1.38. The molecule has 0 saturated heterocycles. The fourth-order valence-corrected chi connectivity index (χ4v) is 3.07. The SMILES string of the molecule is CCn1nnnc1NCc1cc(Br)ccc1OCc1ccc(Cl)c(Cl)c1. The molecule has 0 spiro atoms. The quantitative estimate of drug-likeness (QED) is 0.544. The number of aromatic nitrogens is 4. The first-order valence-corrected chi connectivity index (χ1v) is 9.47. The highest BCUT2D eigenvalue weighted by Crippen LogP contribution is 2.27. The highest BCUT2D eigenvalue weighted by atomic mass is 79.9. The van der Waals surface area contributed by atoms with E-state index in [-0.39, 0.29) is 0 Å². The monoisotopic (exact) mass is 455 g/mol. The number of hydrogen-bond donors (Lipinski definition) is 1. The molecule has 0 amide bonds. The lowest BCUT2D eigenvalue weighted by molar-refractivity contribution is 0.303. The molecule has 1 heterocycles. The maximum absolute atomic E-state index is 6.06. The van der Waals surface area contributed by atoms with Gasteiger partial charge in [-0.05, 0) is 53.2 Å². The Morgan fingerprint density at radius 2 is 2.00 bits per heavy atom. The first kappa shape index (κ1) is 18.9. The molecule has 6 nitrogen and oxygen atoms in total. The van der Waals surface area contributed by atoms with E-state index in [2.05, 4.69) is 36.8 Å². The van der Waals surface area contributed by atoms with Crippen LogP contribution in [0.5, 0.6) is 5.75 Å². The standard InChI is InChI=1S/C17H16BrCl2N5O/c1-2-25-17(22-23-24-25)21-9-12-8-13(18)4-6-16(12)26-10-11-3-5-14(19)15(20)7-11/h3-8H,2,9-10H2,1H3,(H,21,22,24). The largest absolute Gasteiger partial charge is 0.489 e. The van der Waals surface area contributed by atoms with Gasteiger partial charge in [0.25, 0.3) is 0 Å². The normalized spacial score (nSPS) is 10.8. The molecule has 9 heteroatoms. The molecule has 1 aromatic heterocycles. The van der Waals surface area contributed by atoms with Gasteiger partial charge in [0.2, 0.25) is 5.95 Å². The molecular weight excluding hydrogens is 441 g/mol. The van der Waals surface area contributed by atoms with Gasteiger partial charge < -0.3 is 10.1 Å². The Hall–Kier alpha value is -1.83. The van der Waals surface area contributed by atoms with E-state index in [0.717, 1.165) is 21.3 Å². The van der Waals surface area contributed by atoms with Gasteiger partial charge in [0.15, 0.2) is 0 Å². The van der Waals surface area contributed by atoms with Crippen LogP contribution in [0.3, 0.4) is 0 Å². The van der Waals surface area contributed by atoms with Crippen LogP contribution < -0.4 is 10.1 Å². The number of nitrogens with zero attached hydrogens (tertiary/aromatic N) is 4. The van der Waals surface area contributed by atoms with Crippen molar-refractivity contribution in [2.45, 2.75) is 26.6 Å². The molecule has 0 aliphatic carbocycles. The van der Waals surface area contributed by atoms with E-state index in [0.29, 0.717) is 35.7 Å². The zero-order valence-electron chi connectivity index (χ0n) is 13.9. The Balaban J connectivity index is 1.72. The zero-order valence-corrected chi connectivity index (χ0v) is 17.0. The third kappa shape index (κ3) is 4.66. The van der Waals surface area contributed by atoms with Crippen LogP contribution in [0.1, 0.15) is 18.1 Å². The number of halogens is 3. The van der Waals surface area contributed by atoms with Crippen molar-refractivity contribution >= 4 is 45.1 Å². The maximum Gasteiger partial charge on any atom is 0.243 e. The molecule has 0 aliphatic rings. The fourth-order valence-electron chi connectivity index (χ4n) is 2.34.